The van der Waals surface area contributed by atoms with Gasteiger partial charge in [0, 0.05) is 57.8 Å². The SMILES string of the molecule is C.C.C.CON(C)C(=O)[C@H]1CC[C@H]2[C@@H]3CC[C@@H]4C[C@](C)(O)CC[C@@H]4[C@H]3CC[C@]12C.Cn1ccnc1.Cn1ccnc1C(=O)[C@H]1CC[C@H]2[C@@H]3CC[C@@H]4C[C@](C)(O)CC[C@@H]4[C@H]3CC[C@]12C.[CH2-]CCC.[Li+]. The molecule has 8 aliphatic rings. The van der Waals surface area contributed by atoms with E-state index < -0.39 is 11.2 Å². The molecule has 68 heavy (non-hydrogen) atoms. The predicted octanol–water partition coefficient (Wildman–Crippen LogP) is 9.60. The molecule has 0 aliphatic heterocycles. The number of Topliss-reactive ketones (excluding diaryl/α,β-unsaturated/α-hetero) is 1. The van der Waals surface area contributed by atoms with Crippen LogP contribution in [-0.4, -0.2) is 71.4 Å². The largest absolute Gasteiger partial charge is 1.00 e. The molecule has 8 saturated carbocycles. The minimum Gasteiger partial charge on any atom is -0.390 e. The van der Waals surface area contributed by atoms with Crippen LogP contribution >= 0.6 is 0 Å². The van der Waals surface area contributed by atoms with Crippen LogP contribution in [0.1, 0.15) is 196 Å². The summed E-state index contributed by atoms with van der Waals surface area (Å²) in [6, 6.07) is 0. The van der Waals surface area contributed by atoms with E-state index in [4.69, 9.17) is 4.84 Å². The number of hydrogen-bond donors (Lipinski definition) is 2. The van der Waals surface area contributed by atoms with Crippen molar-refractivity contribution in [3.63, 3.8) is 0 Å². The standard InChI is InChI=1S/C24H36N2O2.C22H37NO3.C4H6N2.C4H9.3CH4.Li/c1-23(28)10-8-16-15(14-23)4-5-18-17(16)9-11-24(2)19(18)6-7-20(24)21(27)22-25-12-13-26(22)3;1-21(25)11-9-15-14(13-21)5-6-17-16(15)10-12-22(2)18(17)7-8-19(22)20(24)23(3)26-4;1-6-3-2-5-4-6;1-3-4-2;;;;/h12-13,15-20,28H,4-11,14H2,1-3H3;14-19,25H,5-13H2,1-4H3;2-4H,1H3;1,3-4H2,2H3;3*1H4;/q;;;-1;;;;+1/t15-,16+,17-,18-,19+,20-,23-,24+;14-,15+,16-,17-,18+,19-,21-,22+;;;;;;/m11....../s1. The van der Waals surface area contributed by atoms with Crippen molar-refractivity contribution in [2.45, 2.75) is 197 Å². The Morgan fingerprint density at radius 3 is 1.57 bits per heavy atom. The maximum absolute atomic E-state index is 13.3. The van der Waals surface area contributed by atoms with E-state index >= 15 is 0 Å². The third kappa shape index (κ3) is 12.3. The molecule has 11 heteroatoms. The molecule has 16 atom stereocenters. The van der Waals surface area contributed by atoms with Gasteiger partial charge in [0.05, 0.1) is 24.6 Å². The topological polar surface area (TPSA) is 123 Å². The van der Waals surface area contributed by atoms with Gasteiger partial charge < -0.3 is 26.3 Å². The number of hydrogen-bond acceptors (Lipinski definition) is 7. The van der Waals surface area contributed by atoms with Crippen molar-refractivity contribution < 1.29 is 43.5 Å². The summed E-state index contributed by atoms with van der Waals surface area (Å²) >= 11 is 0. The number of imidazole rings is 2. The molecule has 2 heterocycles. The van der Waals surface area contributed by atoms with Crippen LogP contribution in [0.2, 0.25) is 0 Å². The van der Waals surface area contributed by atoms with Crippen molar-refractivity contribution in [3.05, 3.63) is 43.9 Å². The van der Waals surface area contributed by atoms with Crippen molar-refractivity contribution in [3.8, 4) is 0 Å². The third-order valence-corrected chi connectivity index (χ3v) is 19.7. The normalized spacial score (nSPS) is 40.2. The number of hydroxylamine groups is 2. The number of aryl methyl sites for hydroxylation is 2. The molecule has 0 saturated heterocycles. The van der Waals surface area contributed by atoms with Crippen LogP contribution in [-0.2, 0) is 23.7 Å². The summed E-state index contributed by atoms with van der Waals surface area (Å²) in [6.07, 6.45) is 32.3. The van der Waals surface area contributed by atoms with E-state index in [0.29, 0.717) is 17.7 Å². The fourth-order valence-corrected chi connectivity index (χ4v) is 16.4. The van der Waals surface area contributed by atoms with Crippen LogP contribution in [0.25, 0.3) is 0 Å². The van der Waals surface area contributed by atoms with Gasteiger partial charge in [-0.1, -0.05) is 49.5 Å². The molecule has 2 N–H and O–H groups in total. The molecule has 0 spiro atoms. The van der Waals surface area contributed by atoms with Crippen LogP contribution < -0.4 is 18.9 Å². The molecule has 8 aliphatic carbocycles. The molecule has 1 amide bonds. The van der Waals surface area contributed by atoms with Crippen LogP contribution in [0.5, 0.6) is 0 Å². The van der Waals surface area contributed by atoms with Crippen LogP contribution in [0.3, 0.4) is 0 Å². The molecular formula is C57H100LiN5O5. The van der Waals surface area contributed by atoms with Gasteiger partial charge in [-0.3, -0.25) is 14.4 Å². The Morgan fingerprint density at radius 1 is 0.706 bits per heavy atom. The molecule has 0 unspecified atom stereocenters. The molecule has 10 nitrogen and oxygen atoms in total. The Kier molecular flexibility index (Phi) is 21.9. The summed E-state index contributed by atoms with van der Waals surface area (Å²) < 4.78 is 3.78. The Bertz CT molecular complexity index is 1850. The summed E-state index contributed by atoms with van der Waals surface area (Å²) in [5.41, 5.74) is -0.577. The van der Waals surface area contributed by atoms with Gasteiger partial charge in [0.15, 0.2) is 5.82 Å². The van der Waals surface area contributed by atoms with Gasteiger partial charge in [-0.2, -0.15) is 6.42 Å². The monoisotopic (exact) mass is 942 g/mol. The zero-order valence-corrected chi connectivity index (χ0v) is 42.5. The number of fused-ring (bicyclic) bond motifs is 10. The van der Waals surface area contributed by atoms with Crippen molar-refractivity contribution >= 4 is 11.7 Å². The smallest absolute Gasteiger partial charge is 0.390 e. The zero-order valence-electron chi connectivity index (χ0n) is 42.5. The Hall–Kier alpha value is -1.96. The predicted molar refractivity (Wildman–Crippen MR) is 273 cm³/mol. The number of aliphatic hydroxyl groups is 2. The van der Waals surface area contributed by atoms with E-state index in [1.807, 2.05) is 49.5 Å². The maximum atomic E-state index is 13.3. The number of nitrogens with zero attached hydrogens (tertiary/aromatic N) is 5. The molecule has 2 aromatic rings. The minimum atomic E-state index is -0.440. The van der Waals surface area contributed by atoms with E-state index in [-0.39, 0.29) is 75.5 Å². The Morgan fingerprint density at radius 2 is 1.18 bits per heavy atom. The van der Waals surface area contributed by atoms with Gasteiger partial charge in [-0.05, 0) is 199 Å². The summed E-state index contributed by atoms with van der Waals surface area (Å²) in [5.74, 6) is 9.09. The Balaban J connectivity index is 0.000000286. The first-order valence-electron chi connectivity index (χ1n) is 25.9. The second-order valence-electron chi connectivity index (χ2n) is 23.5. The van der Waals surface area contributed by atoms with E-state index in [1.54, 1.807) is 32.9 Å². The average Bonchev–Trinajstić information content (AvgIpc) is 4.08. The van der Waals surface area contributed by atoms with E-state index in [2.05, 4.69) is 37.7 Å². The number of carbonyl (C=O) groups excluding carboxylic acids is 2. The summed E-state index contributed by atoms with van der Waals surface area (Å²) in [5, 5.41) is 22.5. The van der Waals surface area contributed by atoms with Gasteiger partial charge >= 0.3 is 18.9 Å². The van der Waals surface area contributed by atoms with Crippen LogP contribution in [0.15, 0.2) is 31.1 Å². The summed E-state index contributed by atoms with van der Waals surface area (Å²) in [4.78, 5) is 39.6. The number of rotatable bonds is 5. The van der Waals surface area contributed by atoms with Crippen molar-refractivity contribution in [1.29, 1.82) is 0 Å². The van der Waals surface area contributed by atoms with Crippen molar-refractivity contribution in [1.82, 2.24) is 24.2 Å². The minimum absolute atomic E-state index is 0. The molecule has 0 aromatic carbocycles. The first-order valence-corrected chi connectivity index (χ1v) is 25.9. The number of unbranched alkanes of at least 4 members (excludes halogenated alkanes) is 1. The molecule has 384 valence electrons. The second-order valence-corrected chi connectivity index (χ2v) is 23.5. The molecule has 0 radical (unpaired) electrons. The van der Waals surface area contributed by atoms with Crippen molar-refractivity contribution in [2.24, 2.45) is 95.9 Å². The maximum Gasteiger partial charge on any atom is 1.00 e. The molecule has 8 fully saturated rings. The van der Waals surface area contributed by atoms with Gasteiger partial charge in [0.2, 0.25) is 11.7 Å². The van der Waals surface area contributed by atoms with Crippen LogP contribution in [0, 0.1) is 88.8 Å². The molecule has 0 bridgehead atoms. The van der Waals surface area contributed by atoms with E-state index in [1.165, 1.54) is 88.5 Å². The zero-order chi connectivity index (χ0) is 46.2. The summed E-state index contributed by atoms with van der Waals surface area (Å²) in [7, 11) is 7.21. The second kappa shape index (κ2) is 24.6. The van der Waals surface area contributed by atoms with Gasteiger partial charge in [0.1, 0.15) is 0 Å². The van der Waals surface area contributed by atoms with Crippen LogP contribution in [0.4, 0.5) is 0 Å². The Labute approximate surface area is 427 Å². The average molecular weight is 942 g/mol. The summed E-state index contributed by atoms with van der Waals surface area (Å²) in [6.45, 7) is 14.6. The first-order chi connectivity index (χ1) is 30.4. The number of ketones is 1. The van der Waals surface area contributed by atoms with Gasteiger partial charge in [0.25, 0.3) is 0 Å². The third-order valence-electron chi connectivity index (χ3n) is 19.7. The fraction of sp³-hybridized carbons (Fsp3) is 0.842. The molecule has 10 rings (SSSR count). The van der Waals surface area contributed by atoms with E-state index in [9.17, 15) is 19.8 Å². The van der Waals surface area contributed by atoms with Crippen molar-refractivity contribution in [2.75, 3.05) is 14.2 Å². The molecular weight excluding hydrogens is 842 g/mol. The molecule has 2 aromatic heterocycles. The van der Waals surface area contributed by atoms with E-state index in [0.717, 1.165) is 92.3 Å². The number of amides is 1. The quantitative estimate of drug-likeness (QED) is 0.133. The first kappa shape index (κ1) is 60.3. The van der Waals surface area contributed by atoms with Gasteiger partial charge in [-0.15, -0.1) is 0 Å². The fourth-order valence-electron chi connectivity index (χ4n) is 16.4. The van der Waals surface area contributed by atoms with Gasteiger partial charge in [-0.25, -0.2) is 15.0 Å². The number of carbonyl (C=O) groups is 2. The number of aromatic nitrogens is 4.